The van der Waals surface area contributed by atoms with Gasteiger partial charge in [0.2, 0.25) is 5.91 Å². The van der Waals surface area contributed by atoms with Crippen molar-refractivity contribution < 1.29 is 19.1 Å². The Morgan fingerprint density at radius 2 is 2.00 bits per heavy atom. The minimum absolute atomic E-state index is 0.0120. The molecule has 2 rings (SSSR count). The zero-order chi connectivity index (χ0) is 15.1. The van der Waals surface area contributed by atoms with Crippen LogP contribution in [0.2, 0.25) is 0 Å². The molecule has 0 bridgehead atoms. The number of benzene rings is 1. The Labute approximate surface area is 123 Å². The standard InChI is InChI=1S/C15H18N2O4/c1-17(15(19)12-5-3-2-4-6-12)10-14(18)16-9-13-11-20-7-8-21-13/h2-6,11H,7-10H2,1H3,(H,16,18). The van der Waals surface area contributed by atoms with Crippen LogP contribution in [0.5, 0.6) is 0 Å². The van der Waals surface area contributed by atoms with Gasteiger partial charge in [0.15, 0.2) is 0 Å². The number of hydrogen-bond donors (Lipinski definition) is 1. The topological polar surface area (TPSA) is 67.9 Å². The normalized spacial score (nSPS) is 13.5. The average Bonchev–Trinajstić information content (AvgIpc) is 2.54. The highest BCUT2D eigenvalue weighted by molar-refractivity contribution is 5.96. The Morgan fingerprint density at radius 3 is 2.67 bits per heavy atom. The van der Waals surface area contributed by atoms with Crippen molar-refractivity contribution >= 4 is 11.8 Å². The molecule has 0 fully saturated rings. The van der Waals surface area contributed by atoms with Crippen molar-refractivity contribution in [1.82, 2.24) is 10.2 Å². The van der Waals surface area contributed by atoms with E-state index in [1.165, 1.54) is 11.2 Å². The van der Waals surface area contributed by atoms with Gasteiger partial charge in [0.05, 0.1) is 13.1 Å². The predicted molar refractivity (Wildman–Crippen MR) is 76.4 cm³/mol. The third-order valence-electron chi connectivity index (χ3n) is 2.91. The molecule has 0 spiro atoms. The van der Waals surface area contributed by atoms with Crippen LogP contribution in [0.1, 0.15) is 10.4 Å². The number of nitrogens with one attached hydrogen (secondary N) is 1. The Bertz CT molecular complexity index is 528. The lowest BCUT2D eigenvalue weighted by atomic mass is 10.2. The van der Waals surface area contributed by atoms with Gasteiger partial charge in [0.1, 0.15) is 25.2 Å². The fourth-order valence-electron chi connectivity index (χ4n) is 1.83. The first-order valence-electron chi connectivity index (χ1n) is 6.67. The van der Waals surface area contributed by atoms with Crippen LogP contribution in [0.4, 0.5) is 0 Å². The quantitative estimate of drug-likeness (QED) is 0.869. The summed E-state index contributed by atoms with van der Waals surface area (Å²) in [4.78, 5) is 25.3. The zero-order valence-electron chi connectivity index (χ0n) is 11.9. The van der Waals surface area contributed by atoms with Crippen LogP contribution in [0.25, 0.3) is 0 Å². The maximum atomic E-state index is 12.1. The number of hydrogen-bond acceptors (Lipinski definition) is 4. The molecule has 21 heavy (non-hydrogen) atoms. The van der Waals surface area contributed by atoms with Gasteiger partial charge in [-0.15, -0.1) is 0 Å². The number of carbonyl (C=O) groups is 2. The van der Waals surface area contributed by atoms with E-state index in [4.69, 9.17) is 9.47 Å². The highest BCUT2D eigenvalue weighted by Gasteiger charge is 2.15. The highest BCUT2D eigenvalue weighted by Crippen LogP contribution is 2.04. The lowest BCUT2D eigenvalue weighted by molar-refractivity contribution is -0.121. The highest BCUT2D eigenvalue weighted by atomic mass is 16.6. The van der Waals surface area contributed by atoms with Gasteiger partial charge in [-0.25, -0.2) is 0 Å². The van der Waals surface area contributed by atoms with E-state index < -0.39 is 0 Å². The van der Waals surface area contributed by atoms with Gasteiger partial charge < -0.3 is 19.7 Å². The molecular weight excluding hydrogens is 272 g/mol. The summed E-state index contributed by atoms with van der Waals surface area (Å²) in [5.74, 6) is 0.130. The number of likely N-dealkylation sites (N-methyl/N-ethyl adjacent to an activating group) is 1. The predicted octanol–water partition coefficient (Wildman–Crippen LogP) is 0.763. The third kappa shape index (κ3) is 4.52. The molecule has 6 heteroatoms. The van der Waals surface area contributed by atoms with Gasteiger partial charge in [0, 0.05) is 12.6 Å². The van der Waals surface area contributed by atoms with Crippen LogP contribution in [0, 0.1) is 0 Å². The minimum Gasteiger partial charge on any atom is -0.494 e. The lowest BCUT2D eigenvalue weighted by Crippen LogP contribution is -2.39. The fraction of sp³-hybridized carbons (Fsp3) is 0.333. The first-order valence-corrected chi connectivity index (χ1v) is 6.67. The van der Waals surface area contributed by atoms with Crippen LogP contribution < -0.4 is 5.32 Å². The van der Waals surface area contributed by atoms with E-state index in [1.54, 1.807) is 31.3 Å². The van der Waals surface area contributed by atoms with E-state index in [1.807, 2.05) is 6.07 Å². The summed E-state index contributed by atoms with van der Waals surface area (Å²) in [5, 5.41) is 2.68. The summed E-state index contributed by atoms with van der Waals surface area (Å²) < 4.78 is 10.4. The number of rotatable bonds is 5. The van der Waals surface area contributed by atoms with E-state index >= 15 is 0 Å². The number of carbonyl (C=O) groups excluding carboxylic acids is 2. The minimum atomic E-state index is -0.253. The summed E-state index contributed by atoms with van der Waals surface area (Å²) in [6.45, 7) is 1.24. The molecule has 0 atom stereocenters. The monoisotopic (exact) mass is 290 g/mol. The molecule has 1 aliphatic heterocycles. The molecule has 1 N–H and O–H groups in total. The number of ether oxygens (including phenoxy) is 2. The second-order valence-electron chi connectivity index (χ2n) is 4.61. The summed E-state index contributed by atoms with van der Waals surface area (Å²) in [6, 6.07) is 8.84. The van der Waals surface area contributed by atoms with E-state index in [0.717, 1.165) is 0 Å². The summed E-state index contributed by atoms with van der Waals surface area (Å²) in [7, 11) is 1.59. The van der Waals surface area contributed by atoms with Crippen LogP contribution in [0.3, 0.4) is 0 Å². The van der Waals surface area contributed by atoms with Crippen LogP contribution in [-0.4, -0.2) is 50.1 Å². The Kier molecular flexibility index (Phi) is 5.20. The second-order valence-corrected chi connectivity index (χ2v) is 4.61. The first kappa shape index (κ1) is 14.9. The molecule has 0 aliphatic carbocycles. The van der Waals surface area contributed by atoms with Gasteiger partial charge in [-0.2, -0.15) is 0 Å². The number of amides is 2. The lowest BCUT2D eigenvalue weighted by Gasteiger charge is -2.18. The molecule has 112 valence electrons. The molecule has 1 aromatic carbocycles. The van der Waals surface area contributed by atoms with Crippen LogP contribution in [-0.2, 0) is 14.3 Å². The van der Waals surface area contributed by atoms with E-state index in [9.17, 15) is 9.59 Å². The summed E-state index contributed by atoms with van der Waals surface area (Å²) >= 11 is 0. The third-order valence-corrected chi connectivity index (χ3v) is 2.91. The van der Waals surface area contributed by atoms with Crippen LogP contribution in [0.15, 0.2) is 42.4 Å². The smallest absolute Gasteiger partial charge is 0.254 e. The average molecular weight is 290 g/mol. The van der Waals surface area contributed by atoms with Crippen molar-refractivity contribution in [2.75, 3.05) is 33.4 Å². The maximum absolute atomic E-state index is 12.1. The van der Waals surface area contributed by atoms with E-state index in [0.29, 0.717) is 24.5 Å². The molecule has 1 aliphatic rings. The van der Waals surface area contributed by atoms with Crippen molar-refractivity contribution in [2.24, 2.45) is 0 Å². The van der Waals surface area contributed by atoms with E-state index in [-0.39, 0.29) is 24.9 Å². The SMILES string of the molecule is CN(CC(=O)NCC1=COCCO1)C(=O)c1ccccc1. The van der Waals surface area contributed by atoms with E-state index in [2.05, 4.69) is 5.32 Å². The molecule has 0 saturated heterocycles. The van der Waals surface area contributed by atoms with Crippen molar-refractivity contribution in [3.63, 3.8) is 0 Å². The van der Waals surface area contributed by atoms with Gasteiger partial charge in [-0.3, -0.25) is 9.59 Å². The van der Waals surface area contributed by atoms with Crippen molar-refractivity contribution in [3.8, 4) is 0 Å². The molecule has 0 unspecified atom stereocenters. The molecule has 0 aromatic heterocycles. The summed E-state index contributed by atoms with van der Waals surface area (Å²) in [6.07, 6.45) is 1.49. The molecule has 1 aromatic rings. The Hall–Kier alpha value is -2.50. The van der Waals surface area contributed by atoms with Gasteiger partial charge >= 0.3 is 0 Å². The zero-order valence-corrected chi connectivity index (χ0v) is 11.9. The maximum Gasteiger partial charge on any atom is 0.254 e. The van der Waals surface area contributed by atoms with Crippen molar-refractivity contribution in [2.45, 2.75) is 0 Å². The Morgan fingerprint density at radius 1 is 1.24 bits per heavy atom. The van der Waals surface area contributed by atoms with Crippen LogP contribution >= 0.6 is 0 Å². The second kappa shape index (κ2) is 7.33. The molecule has 0 saturated carbocycles. The Balaban J connectivity index is 1.79. The molecule has 1 heterocycles. The number of nitrogens with zero attached hydrogens (tertiary/aromatic N) is 1. The van der Waals surface area contributed by atoms with Crippen molar-refractivity contribution in [3.05, 3.63) is 47.9 Å². The summed E-state index contributed by atoms with van der Waals surface area (Å²) in [5.41, 5.74) is 0.555. The first-order chi connectivity index (χ1) is 10.2. The van der Waals surface area contributed by atoms with Gasteiger partial charge in [0.25, 0.3) is 5.91 Å². The molecule has 0 radical (unpaired) electrons. The molecular formula is C15H18N2O4. The molecule has 6 nitrogen and oxygen atoms in total. The van der Waals surface area contributed by atoms with Gasteiger partial charge in [-0.05, 0) is 12.1 Å². The largest absolute Gasteiger partial charge is 0.494 e. The van der Waals surface area contributed by atoms with Crippen molar-refractivity contribution in [1.29, 1.82) is 0 Å². The fourth-order valence-corrected chi connectivity index (χ4v) is 1.83. The molecule has 2 amide bonds. The van der Waals surface area contributed by atoms with Gasteiger partial charge in [-0.1, -0.05) is 18.2 Å².